The van der Waals surface area contributed by atoms with Crippen LogP contribution in [0.15, 0.2) is 0 Å². The highest BCUT2D eigenvalue weighted by Crippen LogP contribution is 2.31. The van der Waals surface area contributed by atoms with E-state index in [9.17, 15) is 4.79 Å². The van der Waals surface area contributed by atoms with E-state index >= 15 is 0 Å². The molecule has 13 heavy (non-hydrogen) atoms. The van der Waals surface area contributed by atoms with E-state index in [0.717, 1.165) is 19.3 Å². The minimum Gasteiger partial charge on any atom is -0.348 e. The van der Waals surface area contributed by atoms with Crippen molar-refractivity contribution in [1.82, 2.24) is 10.6 Å². The van der Waals surface area contributed by atoms with Crippen molar-refractivity contribution < 1.29 is 14.3 Å². The summed E-state index contributed by atoms with van der Waals surface area (Å²) in [6.07, 6.45) is 3.04. The highest BCUT2D eigenvalue weighted by atomic mass is 16.6. The van der Waals surface area contributed by atoms with Crippen molar-refractivity contribution >= 4 is 6.03 Å². The van der Waals surface area contributed by atoms with E-state index in [4.69, 9.17) is 9.47 Å². The van der Waals surface area contributed by atoms with Gasteiger partial charge in [-0.05, 0) is 19.3 Å². The molecule has 5 heteroatoms. The number of fused-ring (bicyclic) bond motifs is 2. The number of amides is 2. The minimum atomic E-state index is -0.285. The highest BCUT2D eigenvalue weighted by Gasteiger charge is 2.45. The van der Waals surface area contributed by atoms with Gasteiger partial charge in [0.25, 0.3) is 0 Å². The Morgan fingerprint density at radius 1 is 1.08 bits per heavy atom. The maximum Gasteiger partial charge on any atom is 0.319 e. The number of carbonyl (C=O) groups is 1. The molecule has 0 bridgehead atoms. The molecule has 3 rings (SSSR count). The number of hydrogen-bond acceptors (Lipinski definition) is 3. The molecule has 2 saturated heterocycles. The molecule has 0 aromatic carbocycles. The van der Waals surface area contributed by atoms with Gasteiger partial charge in [0, 0.05) is 0 Å². The van der Waals surface area contributed by atoms with Crippen LogP contribution in [0.1, 0.15) is 19.3 Å². The average Bonchev–Trinajstić information content (AvgIpc) is 2.63. The molecule has 2 amide bonds. The van der Waals surface area contributed by atoms with Crippen molar-refractivity contribution in [3.63, 3.8) is 0 Å². The Balaban J connectivity index is 1.76. The molecule has 1 saturated carbocycles. The van der Waals surface area contributed by atoms with Gasteiger partial charge in [-0.15, -0.1) is 0 Å². The Hall–Kier alpha value is -0.810. The van der Waals surface area contributed by atoms with E-state index in [1.54, 1.807) is 0 Å². The van der Waals surface area contributed by atoms with Crippen molar-refractivity contribution in [1.29, 1.82) is 0 Å². The van der Waals surface area contributed by atoms with Gasteiger partial charge in [0.1, 0.15) is 0 Å². The molecule has 4 atom stereocenters. The van der Waals surface area contributed by atoms with Crippen LogP contribution in [0.2, 0.25) is 0 Å². The zero-order valence-electron chi connectivity index (χ0n) is 7.16. The second kappa shape index (κ2) is 2.59. The maximum absolute atomic E-state index is 10.9. The van der Waals surface area contributed by atoms with E-state index in [1.807, 2.05) is 0 Å². The Morgan fingerprint density at radius 2 is 1.62 bits per heavy atom. The molecule has 5 nitrogen and oxygen atoms in total. The lowest BCUT2D eigenvalue weighted by Crippen LogP contribution is -2.50. The molecule has 72 valence electrons. The lowest BCUT2D eigenvalue weighted by Gasteiger charge is -2.34. The van der Waals surface area contributed by atoms with Gasteiger partial charge >= 0.3 is 6.03 Å². The summed E-state index contributed by atoms with van der Waals surface area (Å²) in [4.78, 5) is 10.9. The van der Waals surface area contributed by atoms with E-state index in [-0.39, 0.29) is 30.7 Å². The highest BCUT2D eigenvalue weighted by molar-refractivity contribution is 5.76. The van der Waals surface area contributed by atoms with Crippen LogP contribution in [0.25, 0.3) is 0 Å². The molecule has 3 aliphatic rings. The maximum atomic E-state index is 10.9. The van der Waals surface area contributed by atoms with Gasteiger partial charge in [0.15, 0.2) is 12.5 Å². The van der Waals surface area contributed by atoms with Crippen LogP contribution >= 0.6 is 0 Å². The zero-order valence-corrected chi connectivity index (χ0v) is 7.16. The van der Waals surface area contributed by atoms with Gasteiger partial charge in [0.2, 0.25) is 0 Å². The number of urea groups is 1. The number of hydrogen-bond donors (Lipinski definition) is 2. The summed E-state index contributed by atoms with van der Waals surface area (Å²) >= 11 is 0. The minimum absolute atomic E-state index is 0.182. The molecular formula is C8H12N2O3. The normalized spacial score (nSPS) is 47.8. The molecular weight excluding hydrogens is 172 g/mol. The summed E-state index contributed by atoms with van der Waals surface area (Å²) in [5.74, 6) is 0. The molecule has 0 radical (unpaired) electrons. The smallest absolute Gasteiger partial charge is 0.319 e. The van der Waals surface area contributed by atoms with Gasteiger partial charge < -0.3 is 20.1 Å². The Labute approximate surface area is 75.8 Å². The van der Waals surface area contributed by atoms with E-state index in [0.29, 0.717) is 0 Å². The summed E-state index contributed by atoms with van der Waals surface area (Å²) in [6.45, 7) is 0. The second-order valence-electron chi connectivity index (χ2n) is 3.74. The van der Waals surface area contributed by atoms with Gasteiger partial charge in [-0.2, -0.15) is 0 Å². The van der Waals surface area contributed by atoms with Gasteiger partial charge in [-0.3, -0.25) is 0 Å². The van der Waals surface area contributed by atoms with Crippen molar-refractivity contribution in [3.8, 4) is 0 Å². The molecule has 0 unspecified atom stereocenters. The largest absolute Gasteiger partial charge is 0.348 e. The lowest BCUT2D eigenvalue weighted by atomic mass is 10.2. The standard InChI is InChI=1S/C8H12N2O3/c11-8-9-6-7(10-8)13-5-3-1-2-4(5)12-6/h4-7H,1-3H2,(H2,9,10,11)/t4-,5+,6+,7-. The lowest BCUT2D eigenvalue weighted by molar-refractivity contribution is -0.208. The Kier molecular flexibility index (Phi) is 1.51. The molecule has 1 aliphatic carbocycles. The number of nitrogens with one attached hydrogen (secondary N) is 2. The van der Waals surface area contributed by atoms with E-state index in [2.05, 4.69) is 10.6 Å². The van der Waals surface area contributed by atoms with Gasteiger partial charge in [0.05, 0.1) is 12.2 Å². The van der Waals surface area contributed by atoms with Crippen LogP contribution in [0.3, 0.4) is 0 Å². The van der Waals surface area contributed by atoms with Crippen molar-refractivity contribution in [2.75, 3.05) is 0 Å². The van der Waals surface area contributed by atoms with Gasteiger partial charge in [-0.25, -0.2) is 4.79 Å². The molecule has 2 heterocycles. The molecule has 0 spiro atoms. The number of carbonyl (C=O) groups excluding carboxylic acids is 1. The van der Waals surface area contributed by atoms with Gasteiger partial charge in [-0.1, -0.05) is 0 Å². The third-order valence-corrected chi connectivity index (χ3v) is 2.86. The first-order valence-electron chi connectivity index (χ1n) is 4.71. The molecule has 3 fully saturated rings. The third kappa shape index (κ3) is 1.11. The summed E-state index contributed by atoms with van der Waals surface area (Å²) in [5, 5.41) is 5.34. The summed E-state index contributed by atoms with van der Waals surface area (Å²) in [5.41, 5.74) is 0. The van der Waals surface area contributed by atoms with Crippen LogP contribution in [0.5, 0.6) is 0 Å². The fourth-order valence-corrected chi connectivity index (χ4v) is 2.24. The summed E-state index contributed by atoms with van der Waals surface area (Å²) in [7, 11) is 0. The van der Waals surface area contributed by atoms with Crippen LogP contribution in [0.4, 0.5) is 4.79 Å². The summed E-state index contributed by atoms with van der Waals surface area (Å²) in [6, 6.07) is -0.199. The predicted molar refractivity (Wildman–Crippen MR) is 42.8 cm³/mol. The first-order chi connectivity index (χ1) is 6.33. The first kappa shape index (κ1) is 7.58. The Bertz CT molecular complexity index is 224. The van der Waals surface area contributed by atoms with Crippen molar-refractivity contribution in [2.24, 2.45) is 0 Å². The topological polar surface area (TPSA) is 59.6 Å². The fourth-order valence-electron chi connectivity index (χ4n) is 2.24. The van der Waals surface area contributed by atoms with Crippen LogP contribution in [-0.2, 0) is 9.47 Å². The summed E-state index contributed by atoms with van der Waals surface area (Å²) < 4.78 is 11.4. The van der Waals surface area contributed by atoms with Crippen molar-refractivity contribution in [2.45, 2.75) is 43.9 Å². The molecule has 2 N–H and O–H groups in total. The van der Waals surface area contributed by atoms with Crippen LogP contribution in [0, 0.1) is 0 Å². The van der Waals surface area contributed by atoms with Crippen LogP contribution < -0.4 is 10.6 Å². The van der Waals surface area contributed by atoms with Crippen molar-refractivity contribution in [3.05, 3.63) is 0 Å². The quantitative estimate of drug-likeness (QED) is 0.553. The zero-order chi connectivity index (χ0) is 8.84. The SMILES string of the molecule is O=C1N[C@@H]2O[C@H]3CCC[C@H]3O[C@@H]2N1. The molecule has 0 aromatic rings. The Morgan fingerprint density at radius 3 is 2.15 bits per heavy atom. The van der Waals surface area contributed by atoms with E-state index in [1.165, 1.54) is 0 Å². The van der Waals surface area contributed by atoms with E-state index < -0.39 is 0 Å². The molecule has 0 aromatic heterocycles. The monoisotopic (exact) mass is 184 g/mol. The second-order valence-corrected chi connectivity index (χ2v) is 3.74. The third-order valence-electron chi connectivity index (χ3n) is 2.86. The fraction of sp³-hybridized carbons (Fsp3) is 0.875. The first-order valence-corrected chi connectivity index (χ1v) is 4.71. The predicted octanol–water partition coefficient (Wildman–Crippen LogP) is -0.0807. The average molecular weight is 184 g/mol. The number of rotatable bonds is 0. The molecule has 2 aliphatic heterocycles. The van der Waals surface area contributed by atoms with Crippen LogP contribution in [-0.4, -0.2) is 30.7 Å². The number of ether oxygens (including phenoxy) is 2.